The Morgan fingerprint density at radius 3 is 2.35 bits per heavy atom. The average molecular weight is 360 g/mol. The van der Waals surface area contributed by atoms with Crippen molar-refractivity contribution in [3.63, 3.8) is 0 Å². The van der Waals surface area contributed by atoms with Gasteiger partial charge in [-0.25, -0.2) is 8.42 Å². The van der Waals surface area contributed by atoms with E-state index in [4.69, 9.17) is 0 Å². The maximum absolute atomic E-state index is 12.7. The number of halogens is 1. The lowest BCUT2D eigenvalue weighted by Gasteiger charge is -2.33. The van der Waals surface area contributed by atoms with Crippen LogP contribution in [0.25, 0.3) is 0 Å². The third kappa shape index (κ3) is 4.30. The normalized spacial score (nSPS) is 17.5. The first-order chi connectivity index (χ1) is 9.63. The molecule has 1 aliphatic rings. The number of nitrogens with zero attached hydrogens (tertiary/aromatic N) is 1. The molecule has 0 amide bonds. The van der Waals surface area contributed by atoms with Gasteiger partial charge < -0.3 is 0 Å². The summed E-state index contributed by atoms with van der Waals surface area (Å²) in [5, 5.41) is 0.692. The van der Waals surface area contributed by atoms with Crippen LogP contribution < -0.4 is 0 Å². The van der Waals surface area contributed by atoms with E-state index < -0.39 is 10.0 Å². The highest BCUT2D eigenvalue weighted by molar-refractivity contribution is 9.09. The maximum Gasteiger partial charge on any atom is 0.218 e. The Hall–Kier alpha value is -0.390. The first-order valence-electron chi connectivity index (χ1n) is 7.23. The summed E-state index contributed by atoms with van der Waals surface area (Å²) in [6.07, 6.45) is 5.52. The van der Waals surface area contributed by atoms with E-state index >= 15 is 0 Å². The molecule has 0 saturated heterocycles. The fraction of sp³-hybridized carbons (Fsp3) is 0.600. The molecule has 5 heteroatoms. The van der Waals surface area contributed by atoms with Crippen molar-refractivity contribution in [2.75, 3.05) is 11.9 Å². The van der Waals surface area contributed by atoms with Gasteiger partial charge in [0.2, 0.25) is 10.0 Å². The van der Waals surface area contributed by atoms with Crippen molar-refractivity contribution in [1.29, 1.82) is 0 Å². The molecule has 1 fully saturated rings. The summed E-state index contributed by atoms with van der Waals surface area (Å²) in [5.74, 6) is 0.108. The van der Waals surface area contributed by atoms with Crippen molar-refractivity contribution in [2.45, 2.75) is 43.9 Å². The van der Waals surface area contributed by atoms with E-state index in [1.54, 1.807) is 4.31 Å². The number of benzene rings is 1. The molecule has 0 spiro atoms. The minimum Gasteiger partial charge on any atom is -0.212 e. The van der Waals surface area contributed by atoms with Gasteiger partial charge in [-0.3, -0.25) is 0 Å². The van der Waals surface area contributed by atoms with Crippen LogP contribution in [0.15, 0.2) is 30.3 Å². The monoisotopic (exact) mass is 359 g/mol. The van der Waals surface area contributed by atoms with Crippen LogP contribution in [0.3, 0.4) is 0 Å². The van der Waals surface area contributed by atoms with Crippen LogP contribution in [0.1, 0.15) is 37.7 Å². The molecule has 1 aromatic rings. The molecule has 0 aliphatic heterocycles. The molecule has 112 valence electrons. The van der Waals surface area contributed by atoms with Crippen molar-refractivity contribution < 1.29 is 8.42 Å². The zero-order valence-corrected chi connectivity index (χ0v) is 14.1. The van der Waals surface area contributed by atoms with Gasteiger partial charge in [-0.2, -0.15) is 4.31 Å². The van der Waals surface area contributed by atoms with Crippen LogP contribution in [-0.4, -0.2) is 30.6 Å². The molecule has 0 N–H and O–H groups in total. The highest BCUT2D eigenvalue weighted by Crippen LogP contribution is 2.26. The first-order valence-corrected chi connectivity index (χ1v) is 9.96. The summed E-state index contributed by atoms with van der Waals surface area (Å²) in [5.41, 5.74) is 0.864. The van der Waals surface area contributed by atoms with Crippen LogP contribution in [0.2, 0.25) is 0 Å². The Bertz CT molecular complexity index is 498. The fourth-order valence-corrected chi connectivity index (χ4v) is 5.30. The predicted octanol–water partition coefficient (Wildman–Crippen LogP) is 3.55. The smallest absolute Gasteiger partial charge is 0.212 e. The molecule has 0 unspecified atom stereocenters. The first kappa shape index (κ1) is 16.0. The standard InChI is InChI=1S/C15H22BrNO2S/c16-11-12-17(15-9-5-2-6-10-15)20(18,19)13-14-7-3-1-4-8-14/h1,3-4,7-8,15H,2,5-6,9-13H2. The molecular weight excluding hydrogens is 338 g/mol. The van der Waals surface area contributed by atoms with Gasteiger partial charge in [-0.05, 0) is 18.4 Å². The Morgan fingerprint density at radius 1 is 1.10 bits per heavy atom. The Morgan fingerprint density at radius 2 is 1.75 bits per heavy atom. The van der Waals surface area contributed by atoms with E-state index in [2.05, 4.69) is 15.9 Å². The van der Waals surface area contributed by atoms with Crippen molar-refractivity contribution in [2.24, 2.45) is 0 Å². The minimum absolute atomic E-state index is 0.108. The maximum atomic E-state index is 12.7. The van der Waals surface area contributed by atoms with Crippen LogP contribution in [-0.2, 0) is 15.8 Å². The van der Waals surface area contributed by atoms with Gasteiger partial charge in [0.25, 0.3) is 0 Å². The highest BCUT2D eigenvalue weighted by atomic mass is 79.9. The predicted molar refractivity (Wildman–Crippen MR) is 86.4 cm³/mol. The van der Waals surface area contributed by atoms with Crippen LogP contribution >= 0.6 is 15.9 Å². The largest absolute Gasteiger partial charge is 0.218 e. The van der Waals surface area contributed by atoms with E-state index in [1.807, 2.05) is 30.3 Å². The number of hydrogen-bond acceptors (Lipinski definition) is 2. The molecule has 1 aliphatic carbocycles. The van der Waals surface area contributed by atoms with Gasteiger partial charge in [0.15, 0.2) is 0 Å². The summed E-state index contributed by atoms with van der Waals surface area (Å²) in [7, 11) is -3.23. The highest BCUT2D eigenvalue weighted by Gasteiger charge is 2.30. The SMILES string of the molecule is O=S(=O)(Cc1ccccc1)N(CCBr)C1CCCCC1. The number of hydrogen-bond donors (Lipinski definition) is 0. The van der Waals surface area contributed by atoms with E-state index in [-0.39, 0.29) is 11.8 Å². The second-order valence-corrected chi connectivity index (χ2v) is 8.05. The van der Waals surface area contributed by atoms with Gasteiger partial charge in [0, 0.05) is 17.9 Å². The Kier molecular flexibility index (Phi) is 6.05. The van der Waals surface area contributed by atoms with E-state index in [0.717, 1.165) is 31.2 Å². The van der Waals surface area contributed by atoms with Crippen molar-refractivity contribution >= 4 is 26.0 Å². The third-order valence-electron chi connectivity index (χ3n) is 3.84. The van der Waals surface area contributed by atoms with Crippen molar-refractivity contribution in [3.8, 4) is 0 Å². The third-order valence-corrected chi connectivity index (χ3v) is 6.08. The molecule has 1 saturated carbocycles. The molecule has 0 heterocycles. The number of sulfonamides is 1. The molecular formula is C15H22BrNO2S. The summed E-state index contributed by atoms with van der Waals surface area (Å²) in [6.45, 7) is 0.569. The summed E-state index contributed by atoms with van der Waals surface area (Å²) >= 11 is 3.39. The lowest BCUT2D eigenvalue weighted by molar-refractivity contribution is 0.263. The van der Waals surface area contributed by atoms with E-state index in [9.17, 15) is 8.42 Å². The van der Waals surface area contributed by atoms with Crippen LogP contribution in [0.4, 0.5) is 0 Å². The molecule has 0 aromatic heterocycles. The lowest BCUT2D eigenvalue weighted by atomic mass is 9.95. The Balaban J connectivity index is 2.13. The van der Waals surface area contributed by atoms with Gasteiger partial charge in [-0.15, -0.1) is 0 Å². The molecule has 0 atom stereocenters. The van der Waals surface area contributed by atoms with Gasteiger partial charge >= 0.3 is 0 Å². The molecule has 3 nitrogen and oxygen atoms in total. The lowest BCUT2D eigenvalue weighted by Crippen LogP contribution is -2.43. The second kappa shape index (κ2) is 7.57. The summed E-state index contributed by atoms with van der Waals surface area (Å²) in [4.78, 5) is 0. The van der Waals surface area contributed by atoms with Crippen molar-refractivity contribution in [3.05, 3.63) is 35.9 Å². The average Bonchev–Trinajstić information content (AvgIpc) is 2.46. The van der Waals surface area contributed by atoms with E-state index in [0.29, 0.717) is 11.9 Å². The topological polar surface area (TPSA) is 37.4 Å². The number of alkyl halides is 1. The summed E-state index contributed by atoms with van der Waals surface area (Å²) < 4.78 is 27.1. The van der Waals surface area contributed by atoms with Crippen molar-refractivity contribution in [1.82, 2.24) is 4.31 Å². The summed E-state index contributed by atoms with van der Waals surface area (Å²) in [6, 6.07) is 9.64. The fourth-order valence-electron chi connectivity index (χ4n) is 2.87. The zero-order valence-electron chi connectivity index (χ0n) is 11.7. The molecule has 0 radical (unpaired) electrons. The zero-order chi connectivity index (χ0) is 14.4. The van der Waals surface area contributed by atoms with Gasteiger partial charge in [0.05, 0.1) is 5.75 Å². The molecule has 0 bridgehead atoms. The van der Waals surface area contributed by atoms with Crippen LogP contribution in [0.5, 0.6) is 0 Å². The Labute approximate surface area is 130 Å². The quantitative estimate of drug-likeness (QED) is 0.728. The van der Waals surface area contributed by atoms with Crippen LogP contribution in [0, 0.1) is 0 Å². The van der Waals surface area contributed by atoms with Gasteiger partial charge in [-0.1, -0.05) is 65.5 Å². The minimum atomic E-state index is -3.23. The van der Waals surface area contributed by atoms with E-state index in [1.165, 1.54) is 6.42 Å². The molecule has 20 heavy (non-hydrogen) atoms. The molecule has 2 rings (SSSR count). The molecule has 1 aromatic carbocycles. The number of rotatable bonds is 6. The van der Waals surface area contributed by atoms with Gasteiger partial charge in [0.1, 0.15) is 0 Å². The second-order valence-electron chi connectivity index (χ2n) is 5.33.